The van der Waals surface area contributed by atoms with Gasteiger partial charge in [-0.3, -0.25) is 9.48 Å². The molecule has 0 aliphatic rings. The van der Waals surface area contributed by atoms with E-state index in [1.165, 1.54) is 11.6 Å². The van der Waals surface area contributed by atoms with Crippen LogP contribution in [-0.4, -0.2) is 20.7 Å². The molecular weight excluding hydrogens is 297 g/mol. The number of nitrogens with one attached hydrogen (secondary N) is 1. The van der Waals surface area contributed by atoms with Crippen LogP contribution in [-0.2, 0) is 17.5 Å². The zero-order valence-corrected chi connectivity index (χ0v) is 12.1. The Bertz CT molecular complexity index is 662. The zero-order chi connectivity index (χ0) is 16.3. The van der Waals surface area contributed by atoms with Crippen molar-refractivity contribution in [1.29, 1.82) is 0 Å². The van der Waals surface area contributed by atoms with Gasteiger partial charge in [-0.05, 0) is 31.5 Å². The zero-order valence-electron chi connectivity index (χ0n) is 12.1. The molecule has 1 amide bonds. The molecule has 0 aliphatic heterocycles. The highest BCUT2D eigenvalue weighted by Crippen LogP contribution is 2.28. The number of aromatic nitrogens is 3. The maximum absolute atomic E-state index is 12.5. The summed E-state index contributed by atoms with van der Waals surface area (Å²) in [5, 5.41) is 6.05. The molecule has 0 unspecified atom stereocenters. The number of aryl methyl sites for hydroxylation is 3. The van der Waals surface area contributed by atoms with Crippen LogP contribution in [0.3, 0.4) is 0 Å². The first-order valence-electron chi connectivity index (χ1n) is 6.60. The van der Waals surface area contributed by atoms with Gasteiger partial charge < -0.3 is 5.32 Å². The smallest absolute Gasteiger partial charge is 0.311 e. The van der Waals surface area contributed by atoms with Crippen LogP contribution in [0.25, 0.3) is 0 Å². The van der Waals surface area contributed by atoms with Crippen molar-refractivity contribution in [3.8, 4) is 0 Å². The third-order valence-corrected chi connectivity index (χ3v) is 3.00. The summed E-state index contributed by atoms with van der Waals surface area (Å²) in [6.45, 7) is 3.46. The van der Waals surface area contributed by atoms with Crippen molar-refractivity contribution < 1.29 is 18.0 Å². The molecule has 0 atom stereocenters. The standard InChI is InChI=1S/C14H15F3N4O/c1-9-3-4-12(18-8-9)19-13(22)5-6-21-10(2)7-11(20-21)14(15,16)17/h3-4,7-8H,5-6H2,1-2H3,(H,18,19,22). The van der Waals surface area contributed by atoms with Gasteiger partial charge in [0.15, 0.2) is 5.69 Å². The Morgan fingerprint density at radius 3 is 2.59 bits per heavy atom. The fourth-order valence-electron chi connectivity index (χ4n) is 1.83. The first kappa shape index (κ1) is 16.0. The molecule has 0 radical (unpaired) electrons. The lowest BCUT2D eigenvalue weighted by Crippen LogP contribution is -2.16. The van der Waals surface area contributed by atoms with E-state index < -0.39 is 11.9 Å². The summed E-state index contributed by atoms with van der Waals surface area (Å²) in [4.78, 5) is 15.8. The first-order valence-corrected chi connectivity index (χ1v) is 6.60. The summed E-state index contributed by atoms with van der Waals surface area (Å²) in [6, 6.07) is 4.42. The molecule has 0 saturated carbocycles. The topological polar surface area (TPSA) is 59.8 Å². The molecule has 22 heavy (non-hydrogen) atoms. The molecule has 0 aliphatic carbocycles. The minimum Gasteiger partial charge on any atom is -0.311 e. The summed E-state index contributed by atoms with van der Waals surface area (Å²) in [6.07, 6.45) is -2.86. The second kappa shape index (κ2) is 6.17. The molecule has 0 saturated heterocycles. The third-order valence-electron chi connectivity index (χ3n) is 3.00. The van der Waals surface area contributed by atoms with Gasteiger partial charge in [-0.25, -0.2) is 4.98 Å². The van der Waals surface area contributed by atoms with Crippen molar-refractivity contribution in [2.24, 2.45) is 0 Å². The second-order valence-corrected chi connectivity index (χ2v) is 4.91. The van der Waals surface area contributed by atoms with Crippen LogP contribution in [0, 0.1) is 13.8 Å². The average Bonchev–Trinajstić information content (AvgIpc) is 2.80. The van der Waals surface area contributed by atoms with Crippen molar-refractivity contribution in [2.45, 2.75) is 33.0 Å². The van der Waals surface area contributed by atoms with Crippen molar-refractivity contribution in [3.05, 3.63) is 41.3 Å². The number of pyridine rings is 1. The minimum absolute atomic E-state index is 0.00930. The number of amides is 1. The van der Waals surface area contributed by atoms with E-state index in [2.05, 4.69) is 15.4 Å². The van der Waals surface area contributed by atoms with Gasteiger partial charge in [-0.2, -0.15) is 18.3 Å². The highest BCUT2D eigenvalue weighted by Gasteiger charge is 2.34. The summed E-state index contributed by atoms with van der Waals surface area (Å²) < 4.78 is 38.8. The molecule has 2 heterocycles. The molecule has 0 aromatic carbocycles. The SMILES string of the molecule is Cc1ccc(NC(=O)CCn2nc(C(F)(F)F)cc2C)nc1. The second-order valence-electron chi connectivity index (χ2n) is 4.91. The van der Waals surface area contributed by atoms with Crippen molar-refractivity contribution in [3.63, 3.8) is 0 Å². The summed E-state index contributed by atoms with van der Waals surface area (Å²) in [7, 11) is 0. The molecule has 8 heteroatoms. The van der Waals surface area contributed by atoms with Crippen LogP contribution in [0.5, 0.6) is 0 Å². The predicted molar refractivity (Wildman–Crippen MR) is 74.2 cm³/mol. The number of hydrogen-bond acceptors (Lipinski definition) is 3. The maximum atomic E-state index is 12.5. The van der Waals surface area contributed by atoms with Gasteiger partial charge in [-0.1, -0.05) is 6.07 Å². The molecule has 0 fully saturated rings. The van der Waals surface area contributed by atoms with Gasteiger partial charge in [0.25, 0.3) is 0 Å². The maximum Gasteiger partial charge on any atom is 0.435 e. The molecule has 2 rings (SSSR count). The number of anilines is 1. The normalized spacial score (nSPS) is 11.5. The molecule has 118 valence electrons. The Kier molecular flexibility index (Phi) is 4.48. The van der Waals surface area contributed by atoms with E-state index in [1.807, 2.05) is 6.92 Å². The Morgan fingerprint density at radius 2 is 2.05 bits per heavy atom. The van der Waals surface area contributed by atoms with E-state index in [4.69, 9.17) is 0 Å². The third kappa shape index (κ3) is 4.06. The van der Waals surface area contributed by atoms with E-state index >= 15 is 0 Å². The van der Waals surface area contributed by atoms with Gasteiger partial charge in [0.2, 0.25) is 5.91 Å². The van der Waals surface area contributed by atoms with Crippen LogP contribution < -0.4 is 5.32 Å². The lowest BCUT2D eigenvalue weighted by Gasteiger charge is -2.06. The molecule has 0 spiro atoms. The molecule has 2 aromatic heterocycles. The van der Waals surface area contributed by atoms with E-state index in [1.54, 1.807) is 18.3 Å². The van der Waals surface area contributed by atoms with Gasteiger partial charge in [0, 0.05) is 24.9 Å². The van der Waals surface area contributed by atoms with E-state index in [-0.39, 0.29) is 18.9 Å². The lowest BCUT2D eigenvalue weighted by molar-refractivity contribution is -0.141. The number of halogens is 3. The molecule has 0 bridgehead atoms. The van der Waals surface area contributed by atoms with Gasteiger partial charge in [-0.15, -0.1) is 0 Å². The number of rotatable bonds is 4. The van der Waals surface area contributed by atoms with Crippen LogP contribution >= 0.6 is 0 Å². The Hall–Kier alpha value is -2.38. The van der Waals surface area contributed by atoms with Crippen LogP contribution in [0.15, 0.2) is 24.4 Å². The fourth-order valence-corrected chi connectivity index (χ4v) is 1.83. The van der Waals surface area contributed by atoms with E-state index in [0.29, 0.717) is 11.5 Å². The van der Waals surface area contributed by atoms with Crippen molar-refractivity contribution >= 4 is 11.7 Å². The number of hydrogen-bond donors (Lipinski definition) is 1. The predicted octanol–water partition coefficient (Wildman–Crippen LogP) is 2.94. The Morgan fingerprint density at radius 1 is 1.32 bits per heavy atom. The quantitative estimate of drug-likeness (QED) is 0.944. The molecule has 1 N–H and O–H groups in total. The van der Waals surface area contributed by atoms with E-state index in [0.717, 1.165) is 11.6 Å². The molecular formula is C14H15F3N4O. The lowest BCUT2D eigenvalue weighted by atomic mass is 10.3. The van der Waals surface area contributed by atoms with Crippen molar-refractivity contribution in [2.75, 3.05) is 5.32 Å². The van der Waals surface area contributed by atoms with Crippen molar-refractivity contribution in [1.82, 2.24) is 14.8 Å². The average molecular weight is 312 g/mol. The van der Waals surface area contributed by atoms with Crippen LogP contribution in [0.2, 0.25) is 0 Å². The first-order chi connectivity index (χ1) is 10.3. The van der Waals surface area contributed by atoms with Gasteiger partial charge in [0.05, 0.1) is 0 Å². The molecule has 2 aromatic rings. The largest absolute Gasteiger partial charge is 0.435 e. The molecule has 5 nitrogen and oxygen atoms in total. The summed E-state index contributed by atoms with van der Waals surface area (Å²) >= 11 is 0. The highest BCUT2D eigenvalue weighted by molar-refractivity contribution is 5.89. The van der Waals surface area contributed by atoms with E-state index in [9.17, 15) is 18.0 Å². The van der Waals surface area contributed by atoms with Gasteiger partial charge >= 0.3 is 6.18 Å². The van der Waals surface area contributed by atoms with Crippen LogP contribution in [0.4, 0.5) is 19.0 Å². The summed E-state index contributed by atoms with van der Waals surface area (Å²) in [5.74, 6) is 0.0728. The Balaban J connectivity index is 1.94. The number of carbonyl (C=O) groups excluding carboxylic acids is 1. The fraction of sp³-hybridized carbons (Fsp3) is 0.357. The number of alkyl halides is 3. The Labute approximate surface area is 125 Å². The highest BCUT2D eigenvalue weighted by atomic mass is 19.4. The monoisotopic (exact) mass is 312 g/mol. The van der Waals surface area contributed by atoms with Crippen LogP contribution in [0.1, 0.15) is 23.4 Å². The number of nitrogens with zero attached hydrogens (tertiary/aromatic N) is 3. The number of carbonyl (C=O) groups is 1. The van der Waals surface area contributed by atoms with Gasteiger partial charge in [0.1, 0.15) is 5.82 Å². The summed E-state index contributed by atoms with van der Waals surface area (Å²) in [5.41, 5.74) is 0.365. The minimum atomic E-state index is -4.48.